The lowest BCUT2D eigenvalue weighted by Crippen LogP contribution is -2.28. The fourth-order valence-electron chi connectivity index (χ4n) is 4.69. The fourth-order valence-corrected chi connectivity index (χ4v) is 4.69. The molecule has 4 aromatic rings. The number of aryl methyl sites for hydroxylation is 3. The number of imidazole rings is 1. The molecule has 0 atom stereocenters. The zero-order valence-corrected chi connectivity index (χ0v) is 22.2. The van der Waals surface area contributed by atoms with Crippen LogP contribution >= 0.6 is 0 Å². The molecule has 3 heterocycles. The summed E-state index contributed by atoms with van der Waals surface area (Å²) < 4.78 is 18.3. The molecule has 0 aliphatic carbocycles. The molecule has 0 spiro atoms. The number of halogens is 1. The molecule has 0 unspecified atom stereocenters. The van der Waals surface area contributed by atoms with E-state index in [4.69, 9.17) is 10.2 Å². The quantitative estimate of drug-likeness (QED) is 0.335. The van der Waals surface area contributed by atoms with Gasteiger partial charge >= 0.3 is 0 Å². The second-order valence-electron chi connectivity index (χ2n) is 9.10. The Morgan fingerprint density at radius 3 is 2.49 bits per heavy atom. The third-order valence-corrected chi connectivity index (χ3v) is 6.78. The van der Waals surface area contributed by atoms with E-state index in [2.05, 4.69) is 11.7 Å². The third-order valence-electron chi connectivity index (χ3n) is 6.78. The zero-order valence-electron chi connectivity index (χ0n) is 22.2. The van der Waals surface area contributed by atoms with Crippen LogP contribution in [0.15, 0.2) is 42.5 Å². The molecule has 7 nitrogen and oxygen atoms in total. The summed E-state index contributed by atoms with van der Waals surface area (Å²) in [5, 5.41) is 14.7. The minimum atomic E-state index is -0.629. The molecule has 0 bridgehead atoms. The van der Waals surface area contributed by atoms with Crippen molar-refractivity contribution in [2.75, 3.05) is 13.1 Å². The highest BCUT2D eigenvalue weighted by molar-refractivity contribution is 5.95. The molecule has 37 heavy (non-hydrogen) atoms. The number of aromatic nitrogens is 4. The molecule has 2 aromatic carbocycles. The van der Waals surface area contributed by atoms with Gasteiger partial charge in [0, 0.05) is 36.8 Å². The zero-order chi connectivity index (χ0) is 27.0. The highest BCUT2D eigenvalue weighted by Crippen LogP contribution is 2.33. The molecule has 5 rings (SSSR count). The average molecular weight is 499 g/mol. The molecule has 1 fully saturated rings. The number of fused-ring (bicyclic) bond motifs is 1. The minimum Gasteiger partial charge on any atom is -0.333 e. The Morgan fingerprint density at radius 2 is 1.86 bits per heavy atom. The Balaban J connectivity index is 0.00000156. The third kappa shape index (κ3) is 4.42. The van der Waals surface area contributed by atoms with E-state index < -0.39 is 5.82 Å². The first kappa shape index (κ1) is 25.8. The second-order valence-corrected chi connectivity index (χ2v) is 9.10. The Hall–Kier alpha value is -4.25. The van der Waals surface area contributed by atoms with Crippen molar-refractivity contribution in [1.82, 2.24) is 24.2 Å². The van der Waals surface area contributed by atoms with Crippen LogP contribution in [0.3, 0.4) is 0 Å². The van der Waals surface area contributed by atoms with Crippen molar-refractivity contribution in [2.24, 2.45) is 7.05 Å². The summed E-state index contributed by atoms with van der Waals surface area (Å²) >= 11 is 0. The maximum absolute atomic E-state index is 14.6. The van der Waals surface area contributed by atoms with Crippen LogP contribution in [0.25, 0.3) is 28.0 Å². The van der Waals surface area contributed by atoms with Gasteiger partial charge in [-0.1, -0.05) is 26.0 Å². The summed E-state index contributed by atoms with van der Waals surface area (Å²) in [7, 11) is 1.90. The number of benzene rings is 2. The highest BCUT2D eigenvalue weighted by Gasteiger charge is 2.29. The van der Waals surface area contributed by atoms with Crippen molar-refractivity contribution >= 4 is 16.8 Å². The van der Waals surface area contributed by atoms with Gasteiger partial charge in [0.1, 0.15) is 23.4 Å². The van der Waals surface area contributed by atoms with Crippen LogP contribution in [-0.4, -0.2) is 43.2 Å². The number of carbonyl (C=O) groups excluding carboxylic acids is 1. The monoisotopic (exact) mass is 498 g/mol. The van der Waals surface area contributed by atoms with Gasteiger partial charge < -0.3 is 4.90 Å². The fraction of sp³-hybridized carbons (Fsp3) is 0.310. The van der Waals surface area contributed by atoms with Crippen LogP contribution < -0.4 is 0 Å². The lowest BCUT2D eigenvalue weighted by atomic mass is 10.1. The number of hydrogen-bond acceptors (Lipinski definition) is 4. The molecule has 8 heteroatoms. The number of nitriles is 1. The average Bonchev–Trinajstić information content (AvgIpc) is 3.55. The van der Waals surface area contributed by atoms with Crippen LogP contribution in [0.5, 0.6) is 0 Å². The van der Waals surface area contributed by atoms with Crippen molar-refractivity contribution < 1.29 is 9.18 Å². The molecular formula is C29H31FN6O. The normalized spacial score (nSPS) is 13.0. The molecular weight excluding hydrogens is 467 g/mol. The van der Waals surface area contributed by atoms with Gasteiger partial charge in [-0.25, -0.2) is 9.37 Å². The highest BCUT2D eigenvalue weighted by atomic mass is 19.1. The standard InChI is InChI=1S/C27H25FN6O.C2H6/c1-15-8-9-33(14-15)27(35)25-18(4)34(26(30-25)19-6-7-20(13-29)22(28)11-19)24-12-21-17(3)32(5)31-23(21)10-16(24)2;1-2/h6-7,10-12H,1,8-9,14H2,2-5H3;1-2H3. The van der Waals surface area contributed by atoms with E-state index in [0.717, 1.165) is 39.8 Å². The maximum Gasteiger partial charge on any atom is 0.274 e. The Labute approximate surface area is 216 Å². The van der Waals surface area contributed by atoms with E-state index in [9.17, 15) is 9.18 Å². The van der Waals surface area contributed by atoms with Gasteiger partial charge in [0.25, 0.3) is 5.91 Å². The van der Waals surface area contributed by atoms with Gasteiger partial charge in [-0.3, -0.25) is 14.0 Å². The van der Waals surface area contributed by atoms with Gasteiger partial charge in [-0.2, -0.15) is 10.4 Å². The summed E-state index contributed by atoms with van der Waals surface area (Å²) in [4.78, 5) is 19.9. The predicted octanol–water partition coefficient (Wildman–Crippen LogP) is 5.79. The summed E-state index contributed by atoms with van der Waals surface area (Å²) in [5.74, 6) is -0.362. The van der Waals surface area contributed by atoms with Crippen LogP contribution in [0.2, 0.25) is 0 Å². The van der Waals surface area contributed by atoms with Crippen molar-refractivity contribution in [1.29, 1.82) is 5.26 Å². The number of hydrogen-bond donors (Lipinski definition) is 0. The van der Waals surface area contributed by atoms with Gasteiger partial charge in [0.2, 0.25) is 0 Å². The van der Waals surface area contributed by atoms with Crippen molar-refractivity contribution in [3.8, 4) is 23.1 Å². The summed E-state index contributed by atoms with van der Waals surface area (Å²) in [6.45, 7) is 14.9. The van der Waals surface area contributed by atoms with Gasteiger partial charge in [-0.15, -0.1) is 0 Å². The smallest absolute Gasteiger partial charge is 0.274 e. The first-order valence-corrected chi connectivity index (χ1v) is 12.4. The van der Waals surface area contributed by atoms with Crippen molar-refractivity contribution in [3.63, 3.8) is 0 Å². The second kappa shape index (κ2) is 10.0. The Morgan fingerprint density at radius 1 is 1.14 bits per heavy atom. The predicted molar refractivity (Wildman–Crippen MR) is 143 cm³/mol. The molecule has 0 saturated carbocycles. The number of likely N-dealkylation sites (tertiary alicyclic amines) is 1. The number of amides is 1. The van der Waals surface area contributed by atoms with E-state index in [1.807, 2.05) is 69.1 Å². The first-order chi connectivity index (χ1) is 17.7. The topological polar surface area (TPSA) is 79.7 Å². The van der Waals surface area contributed by atoms with E-state index in [0.29, 0.717) is 35.9 Å². The number of rotatable bonds is 3. The SMILES string of the molecule is C=C1CCN(C(=O)c2nc(-c3ccc(C#N)c(F)c3)n(-c3cc4c(C)n(C)nc4cc3C)c2C)C1.CC. The van der Waals surface area contributed by atoms with Gasteiger partial charge in [-0.05, 0) is 63.1 Å². The van der Waals surface area contributed by atoms with E-state index in [1.165, 1.54) is 12.1 Å². The summed E-state index contributed by atoms with van der Waals surface area (Å²) in [6, 6.07) is 10.3. The largest absolute Gasteiger partial charge is 0.333 e. The number of nitrogens with zero attached hydrogens (tertiary/aromatic N) is 6. The maximum atomic E-state index is 14.6. The lowest BCUT2D eigenvalue weighted by Gasteiger charge is -2.15. The molecule has 1 saturated heterocycles. The molecule has 2 aromatic heterocycles. The Kier molecular flexibility index (Phi) is 6.99. The molecule has 0 radical (unpaired) electrons. The summed E-state index contributed by atoms with van der Waals surface area (Å²) in [5.41, 5.74) is 6.11. The van der Waals surface area contributed by atoms with E-state index >= 15 is 0 Å². The molecule has 1 aliphatic rings. The van der Waals surface area contributed by atoms with Gasteiger partial charge in [0.15, 0.2) is 0 Å². The molecule has 190 valence electrons. The van der Waals surface area contributed by atoms with Crippen molar-refractivity contribution in [3.05, 3.63) is 76.5 Å². The lowest BCUT2D eigenvalue weighted by molar-refractivity contribution is 0.0790. The van der Waals surface area contributed by atoms with Gasteiger partial charge in [0.05, 0.1) is 22.5 Å². The van der Waals surface area contributed by atoms with Crippen LogP contribution in [0.1, 0.15) is 53.3 Å². The molecule has 0 N–H and O–H groups in total. The van der Waals surface area contributed by atoms with E-state index in [1.54, 1.807) is 11.0 Å². The number of carbonyl (C=O) groups is 1. The first-order valence-electron chi connectivity index (χ1n) is 12.4. The van der Waals surface area contributed by atoms with Crippen LogP contribution in [0, 0.1) is 37.9 Å². The van der Waals surface area contributed by atoms with Crippen molar-refractivity contribution in [2.45, 2.75) is 41.0 Å². The Bertz CT molecular complexity index is 1590. The van der Waals surface area contributed by atoms with Crippen LogP contribution in [0.4, 0.5) is 4.39 Å². The van der Waals surface area contributed by atoms with Crippen LogP contribution in [-0.2, 0) is 7.05 Å². The molecule has 1 aliphatic heterocycles. The molecule has 1 amide bonds. The van der Waals surface area contributed by atoms with E-state index in [-0.39, 0.29) is 11.5 Å². The minimum absolute atomic E-state index is 0.0426. The summed E-state index contributed by atoms with van der Waals surface area (Å²) in [6.07, 6.45) is 0.773.